The first-order valence-corrected chi connectivity index (χ1v) is 23.5. The SMILES string of the molecule is CCCCC/C=C/C/C=C/C/C=C/CCCCC(=O)OC[C@H](COP(=O)(O)OC[C@H](N)C(=O)O)OC(=O)CCCCCCCCCCCCCCCCCCC. The van der Waals surface area contributed by atoms with Crippen LogP contribution in [0.15, 0.2) is 36.5 Å². The minimum Gasteiger partial charge on any atom is -0.480 e. The summed E-state index contributed by atoms with van der Waals surface area (Å²) in [5.74, 6) is -2.42. The van der Waals surface area contributed by atoms with Gasteiger partial charge in [0.15, 0.2) is 6.10 Å². The summed E-state index contributed by atoms with van der Waals surface area (Å²) < 4.78 is 32.7. The molecule has 12 heteroatoms. The molecule has 11 nitrogen and oxygen atoms in total. The number of hydrogen-bond acceptors (Lipinski definition) is 9. The van der Waals surface area contributed by atoms with Crippen molar-refractivity contribution in [2.75, 3.05) is 19.8 Å². The van der Waals surface area contributed by atoms with E-state index in [1.165, 1.54) is 103 Å². The number of hydrogen-bond donors (Lipinski definition) is 3. The fourth-order valence-electron chi connectivity index (χ4n) is 5.90. The van der Waals surface area contributed by atoms with Crippen molar-refractivity contribution in [3.8, 4) is 0 Å². The standard InChI is InChI=1S/C44H80NO10P/c1-3-5-7-9-11-13-15-17-19-20-22-24-26-28-30-32-34-36-43(47)55-40(38-53-56(50,51)54-39-41(45)44(48)49)37-52-42(46)35-33-31-29-27-25-23-21-18-16-14-12-10-8-6-4-2/h12,14,18,21,25,27,40-41H,3-11,13,15-17,19-20,22-24,26,28-39,45H2,1-2H3,(H,48,49)(H,50,51)/b14-12+,21-18+,27-25+/t40-,41+/m1/s1. The van der Waals surface area contributed by atoms with E-state index in [9.17, 15) is 23.8 Å². The third-order valence-electron chi connectivity index (χ3n) is 9.39. The zero-order valence-electron chi connectivity index (χ0n) is 35.2. The predicted molar refractivity (Wildman–Crippen MR) is 226 cm³/mol. The molecule has 0 aromatic heterocycles. The highest BCUT2D eigenvalue weighted by Gasteiger charge is 2.28. The lowest BCUT2D eigenvalue weighted by molar-refractivity contribution is -0.161. The van der Waals surface area contributed by atoms with Crippen LogP contribution in [0.3, 0.4) is 0 Å². The van der Waals surface area contributed by atoms with Gasteiger partial charge >= 0.3 is 25.7 Å². The van der Waals surface area contributed by atoms with E-state index in [2.05, 4.69) is 54.8 Å². The lowest BCUT2D eigenvalue weighted by Gasteiger charge is -2.20. The van der Waals surface area contributed by atoms with Gasteiger partial charge in [0.25, 0.3) is 0 Å². The summed E-state index contributed by atoms with van der Waals surface area (Å²) in [7, 11) is -4.72. The molecule has 0 aliphatic rings. The van der Waals surface area contributed by atoms with Gasteiger partial charge < -0.3 is 25.2 Å². The molecule has 326 valence electrons. The number of unbranched alkanes of at least 4 members (excludes halogenated alkanes) is 21. The van der Waals surface area contributed by atoms with E-state index in [1.54, 1.807) is 0 Å². The van der Waals surface area contributed by atoms with Crippen LogP contribution in [0.4, 0.5) is 0 Å². The molecule has 0 saturated carbocycles. The number of allylic oxidation sites excluding steroid dienone is 6. The van der Waals surface area contributed by atoms with Gasteiger partial charge in [-0.15, -0.1) is 0 Å². The molecule has 1 unspecified atom stereocenters. The second kappa shape index (κ2) is 39.5. The van der Waals surface area contributed by atoms with Gasteiger partial charge in [0, 0.05) is 12.8 Å². The number of esters is 2. The average molecular weight is 814 g/mol. The highest BCUT2D eigenvalue weighted by atomic mass is 31.2. The molecule has 0 spiro atoms. The molecule has 0 saturated heterocycles. The first kappa shape index (κ1) is 53.7. The van der Waals surface area contributed by atoms with Crippen LogP contribution in [0, 0.1) is 0 Å². The average Bonchev–Trinajstić information content (AvgIpc) is 3.17. The fourth-order valence-corrected chi connectivity index (χ4v) is 6.67. The van der Waals surface area contributed by atoms with Crippen molar-refractivity contribution in [2.24, 2.45) is 5.73 Å². The number of ether oxygens (including phenoxy) is 2. The molecular formula is C44H80NO10P. The number of phosphoric acid groups is 1. The number of rotatable bonds is 41. The van der Waals surface area contributed by atoms with Gasteiger partial charge in [0.1, 0.15) is 12.6 Å². The van der Waals surface area contributed by atoms with Crippen molar-refractivity contribution in [3.05, 3.63) is 36.5 Å². The number of carbonyl (C=O) groups is 3. The number of carbonyl (C=O) groups excluding carboxylic acids is 2. The monoisotopic (exact) mass is 814 g/mol. The third kappa shape index (κ3) is 38.6. The largest absolute Gasteiger partial charge is 0.480 e. The maximum atomic E-state index is 12.6. The van der Waals surface area contributed by atoms with Gasteiger partial charge in [-0.2, -0.15) is 0 Å². The van der Waals surface area contributed by atoms with E-state index < -0.39 is 51.1 Å². The van der Waals surface area contributed by atoms with Crippen LogP contribution in [0.25, 0.3) is 0 Å². The van der Waals surface area contributed by atoms with Gasteiger partial charge in [-0.05, 0) is 51.4 Å². The van der Waals surface area contributed by atoms with Gasteiger partial charge in [-0.3, -0.25) is 23.4 Å². The van der Waals surface area contributed by atoms with Crippen molar-refractivity contribution in [1.82, 2.24) is 0 Å². The summed E-state index contributed by atoms with van der Waals surface area (Å²) in [4.78, 5) is 45.9. The molecule has 0 radical (unpaired) electrons. The van der Waals surface area contributed by atoms with Gasteiger partial charge in [0.2, 0.25) is 0 Å². The van der Waals surface area contributed by atoms with Crippen molar-refractivity contribution in [2.45, 2.75) is 206 Å². The van der Waals surface area contributed by atoms with Crippen molar-refractivity contribution in [3.63, 3.8) is 0 Å². The van der Waals surface area contributed by atoms with Crippen molar-refractivity contribution in [1.29, 1.82) is 0 Å². The maximum absolute atomic E-state index is 12.6. The summed E-state index contributed by atoms with van der Waals surface area (Å²) >= 11 is 0. The third-order valence-corrected chi connectivity index (χ3v) is 10.3. The van der Waals surface area contributed by atoms with Crippen LogP contribution in [-0.4, -0.2) is 59.9 Å². The van der Waals surface area contributed by atoms with Crippen LogP contribution in [0.1, 0.15) is 194 Å². The molecular weight excluding hydrogens is 733 g/mol. The van der Waals surface area contributed by atoms with Crippen LogP contribution in [0.2, 0.25) is 0 Å². The Hall–Kier alpha value is -2.30. The first-order chi connectivity index (χ1) is 27.1. The highest BCUT2D eigenvalue weighted by Crippen LogP contribution is 2.43. The van der Waals surface area contributed by atoms with E-state index in [-0.39, 0.29) is 19.4 Å². The second-order valence-corrected chi connectivity index (χ2v) is 16.3. The molecule has 0 fully saturated rings. The quantitative estimate of drug-likeness (QED) is 0.0232. The lowest BCUT2D eigenvalue weighted by Crippen LogP contribution is -2.34. The summed E-state index contributed by atoms with van der Waals surface area (Å²) in [6.45, 7) is 2.75. The van der Waals surface area contributed by atoms with Gasteiger partial charge in [0.05, 0.1) is 13.2 Å². The Bertz CT molecular complexity index is 1100. The van der Waals surface area contributed by atoms with Gasteiger partial charge in [-0.1, -0.05) is 166 Å². The van der Waals surface area contributed by atoms with Crippen molar-refractivity contribution >= 4 is 25.7 Å². The topological polar surface area (TPSA) is 172 Å². The molecule has 56 heavy (non-hydrogen) atoms. The number of nitrogens with two attached hydrogens (primary N) is 1. The minimum absolute atomic E-state index is 0.156. The number of carboxylic acid groups (broad SMARTS) is 1. The number of aliphatic carboxylic acids is 1. The van der Waals surface area contributed by atoms with E-state index in [0.717, 1.165) is 51.4 Å². The Morgan fingerprint density at radius 1 is 0.554 bits per heavy atom. The molecule has 0 heterocycles. The summed E-state index contributed by atoms with van der Waals surface area (Å²) in [6, 6.07) is -1.53. The van der Waals surface area contributed by atoms with Gasteiger partial charge in [-0.25, -0.2) is 4.57 Å². The molecule has 4 N–H and O–H groups in total. The first-order valence-electron chi connectivity index (χ1n) is 22.0. The predicted octanol–water partition coefficient (Wildman–Crippen LogP) is 11.6. The van der Waals surface area contributed by atoms with E-state index in [1.807, 2.05) is 0 Å². The maximum Gasteiger partial charge on any atom is 0.472 e. The summed E-state index contributed by atoms with van der Waals surface area (Å²) in [5.41, 5.74) is 5.33. The second-order valence-electron chi connectivity index (χ2n) is 14.8. The minimum atomic E-state index is -4.72. The molecule has 0 aromatic carbocycles. The zero-order chi connectivity index (χ0) is 41.4. The molecule has 0 bridgehead atoms. The normalized spacial score (nSPS) is 14.1. The Labute approximate surface area is 340 Å². The molecule has 3 atom stereocenters. The number of phosphoric ester groups is 1. The van der Waals surface area contributed by atoms with Crippen molar-refractivity contribution < 1.29 is 47.5 Å². The summed E-state index contributed by atoms with van der Waals surface area (Å²) in [5, 5.41) is 8.89. The fraction of sp³-hybridized carbons (Fsp3) is 0.795. The molecule has 0 aliphatic heterocycles. The Balaban J connectivity index is 4.40. The van der Waals surface area contributed by atoms with E-state index >= 15 is 0 Å². The Morgan fingerprint density at radius 3 is 1.45 bits per heavy atom. The van der Waals surface area contributed by atoms with E-state index in [0.29, 0.717) is 12.8 Å². The van der Waals surface area contributed by atoms with Crippen LogP contribution >= 0.6 is 7.82 Å². The lowest BCUT2D eigenvalue weighted by atomic mass is 10.0. The van der Waals surface area contributed by atoms with Crippen LogP contribution in [-0.2, 0) is 37.5 Å². The Kier molecular flexibility index (Phi) is 37.9. The highest BCUT2D eigenvalue weighted by molar-refractivity contribution is 7.47. The molecule has 0 aliphatic carbocycles. The van der Waals surface area contributed by atoms with Crippen LogP contribution < -0.4 is 5.73 Å². The van der Waals surface area contributed by atoms with E-state index in [4.69, 9.17) is 24.8 Å². The zero-order valence-corrected chi connectivity index (χ0v) is 36.1. The van der Waals surface area contributed by atoms with Crippen LogP contribution in [0.5, 0.6) is 0 Å². The molecule has 0 rings (SSSR count). The summed E-state index contributed by atoms with van der Waals surface area (Å²) in [6.07, 6.45) is 42.1. The smallest absolute Gasteiger partial charge is 0.472 e. The Morgan fingerprint density at radius 2 is 0.946 bits per heavy atom. The molecule has 0 aromatic rings. The molecule has 0 amide bonds. The number of carboxylic acids is 1.